The molecule has 1 aliphatic heterocycles. The van der Waals surface area contributed by atoms with Crippen molar-refractivity contribution in [3.8, 4) is 11.1 Å². The first kappa shape index (κ1) is 15.9. The van der Waals surface area contributed by atoms with E-state index in [-0.39, 0.29) is 10.9 Å². The third kappa shape index (κ3) is 3.53. The molecule has 2 aromatic rings. The van der Waals surface area contributed by atoms with Crippen molar-refractivity contribution in [2.45, 2.75) is 26.2 Å². The van der Waals surface area contributed by atoms with Crippen LogP contribution in [0.3, 0.4) is 0 Å². The fraction of sp³-hybridized carbons (Fsp3) is 0.474. The minimum absolute atomic E-state index is 0.372. The number of hydrogen-bond acceptors (Lipinski definition) is 4. The van der Waals surface area contributed by atoms with Gasteiger partial charge in [0.2, 0.25) is 10.9 Å². The van der Waals surface area contributed by atoms with Crippen LogP contribution in [0.15, 0.2) is 39.9 Å². The standard InChI is InChI=1S/C19H24N2O2/c1-14-7-5-11-21(13-14)12-6-10-20-17-16(18(22)19(17)23)15-8-3-2-4-9-15/h2-4,8-9,14,20H,5-7,10-13H2,1H3/t14-/m1/s1. The van der Waals surface area contributed by atoms with E-state index in [1.807, 2.05) is 30.3 Å². The van der Waals surface area contributed by atoms with Gasteiger partial charge >= 0.3 is 0 Å². The van der Waals surface area contributed by atoms with Gasteiger partial charge in [-0.1, -0.05) is 37.3 Å². The second-order valence-corrected chi connectivity index (χ2v) is 6.60. The predicted octanol–water partition coefficient (Wildman–Crippen LogP) is 2.48. The van der Waals surface area contributed by atoms with Crippen molar-refractivity contribution in [3.63, 3.8) is 0 Å². The SMILES string of the molecule is C[C@@H]1CCCN(CCCNc2c(-c3ccccc3)c(=O)c2=O)C1. The van der Waals surface area contributed by atoms with E-state index in [4.69, 9.17) is 0 Å². The lowest BCUT2D eigenvalue weighted by molar-refractivity contribution is 0.183. The van der Waals surface area contributed by atoms with Crippen molar-refractivity contribution >= 4 is 5.69 Å². The van der Waals surface area contributed by atoms with Crippen LogP contribution < -0.4 is 16.2 Å². The van der Waals surface area contributed by atoms with E-state index in [1.54, 1.807) is 0 Å². The number of rotatable bonds is 6. The lowest BCUT2D eigenvalue weighted by Gasteiger charge is -2.30. The average Bonchev–Trinajstić information content (AvgIpc) is 2.57. The highest BCUT2D eigenvalue weighted by atomic mass is 16.2. The molecule has 0 bridgehead atoms. The van der Waals surface area contributed by atoms with Crippen LogP contribution in [0.1, 0.15) is 26.2 Å². The van der Waals surface area contributed by atoms with Crippen molar-refractivity contribution < 1.29 is 0 Å². The molecule has 0 amide bonds. The van der Waals surface area contributed by atoms with Crippen molar-refractivity contribution in [3.05, 3.63) is 50.8 Å². The highest BCUT2D eigenvalue weighted by Crippen LogP contribution is 2.23. The van der Waals surface area contributed by atoms with Crippen LogP contribution >= 0.6 is 0 Å². The number of benzene rings is 1. The Balaban J connectivity index is 1.54. The van der Waals surface area contributed by atoms with Crippen LogP contribution in [0.5, 0.6) is 0 Å². The van der Waals surface area contributed by atoms with Gasteiger partial charge in [0.15, 0.2) is 0 Å². The fourth-order valence-corrected chi connectivity index (χ4v) is 3.45. The zero-order chi connectivity index (χ0) is 16.2. The monoisotopic (exact) mass is 312 g/mol. The minimum Gasteiger partial charge on any atom is -0.381 e. The topological polar surface area (TPSA) is 49.4 Å². The molecule has 0 unspecified atom stereocenters. The van der Waals surface area contributed by atoms with E-state index in [9.17, 15) is 9.59 Å². The molecule has 1 N–H and O–H groups in total. The maximum absolute atomic E-state index is 11.8. The zero-order valence-electron chi connectivity index (χ0n) is 13.7. The number of nitrogens with zero attached hydrogens (tertiary/aromatic N) is 1. The summed E-state index contributed by atoms with van der Waals surface area (Å²) in [5.41, 5.74) is 1.11. The maximum atomic E-state index is 11.8. The van der Waals surface area contributed by atoms with Crippen LogP contribution in [0.2, 0.25) is 0 Å². The normalized spacial score (nSPS) is 19.1. The van der Waals surface area contributed by atoms with Crippen molar-refractivity contribution in [1.29, 1.82) is 0 Å². The summed E-state index contributed by atoms with van der Waals surface area (Å²) in [4.78, 5) is 26.1. The third-order valence-corrected chi connectivity index (χ3v) is 4.67. The summed E-state index contributed by atoms with van der Waals surface area (Å²) in [6, 6.07) is 9.41. The molecule has 0 radical (unpaired) electrons. The van der Waals surface area contributed by atoms with Gasteiger partial charge in [-0.2, -0.15) is 0 Å². The molecule has 1 atom stereocenters. The van der Waals surface area contributed by atoms with E-state index in [1.165, 1.54) is 25.9 Å². The van der Waals surface area contributed by atoms with Gasteiger partial charge in [0.25, 0.3) is 0 Å². The predicted molar refractivity (Wildman–Crippen MR) is 94.7 cm³/mol. The molecule has 1 fully saturated rings. The molecular weight excluding hydrogens is 288 g/mol. The van der Waals surface area contributed by atoms with E-state index < -0.39 is 0 Å². The number of anilines is 1. The molecule has 23 heavy (non-hydrogen) atoms. The Morgan fingerprint density at radius 1 is 1.17 bits per heavy atom. The van der Waals surface area contributed by atoms with Gasteiger partial charge in [-0.25, -0.2) is 0 Å². The second kappa shape index (κ2) is 7.09. The zero-order valence-corrected chi connectivity index (χ0v) is 13.7. The lowest BCUT2D eigenvalue weighted by atomic mass is 9.98. The van der Waals surface area contributed by atoms with Gasteiger partial charge in [0.05, 0.1) is 11.3 Å². The molecular formula is C19H24N2O2. The van der Waals surface area contributed by atoms with Gasteiger partial charge in [-0.15, -0.1) is 0 Å². The summed E-state index contributed by atoms with van der Waals surface area (Å²) >= 11 is 0. The summed E-state index contributed by atoms with van der Waals surface area (Å²) in [6.07, 6.45) is 3.60. The summed E-state index contributed by atoms with van der Waals surface area (Å²) < 4.78 is 0. The lowest BCUT2D eigenvalue weighted by Crippen LogP contribution is -2.38. The Hall–Kier alpha value is -1.94. The summed E-state index contributed by atoms with van der Waals surface area (Å²) in [5.74, 6) is 0.787. The average molecular weight is 312 g/mol. The quantitative estimate of drug-likeness (QED) is 0.658. The van der Waals surface area contributed by atoms with E-state index in [2.05, 4.69) is 17.1 Å². The smallest absolute Gasteiger partial charge is 0.250 e. The van der Waals surface area contributed by atoms with Crippen molar-refractivity contribution in [1.82, 2.24) is 4.90 Å². The summed E-state index contributed by atoms with van der Waals surface area (Å²) in [7, 11) is 0. The van der Waals surface area contributed by atoms with Crippen LogP contribution in [0, 0.1) is 5.92 Å². The minimum atomic E-state index is -0.379. The molecule has 0 spiro atoms. The molecule has 122 valence electrons. The highest BCUT2D eigenvalue weighted by Gasteiger charge is 2.21. The number of likely N-dealkylation sites (tertiary alicyclic amines) is 1. The first-order valence-corrected chi connectivity index (χ1v) is 8.52. The molecule has 0 saturated carbocycles. The molecule has 0 aliphatic carbocycles. The Morgan fingerprint density at radius 3 is 2.70 bits per heavy atom. The molecule has 2 aromatic carbocycles. The van der Waals surface area contributed by atoms with Gasteiger partial charge in [-0.3, -0.25) is 9.59 Å². The maximum Gasteiger partial charge on any atom is 0.250 e. The largest absolute Gasteiger partial charge is 0.381 e. The van der Waals surface area contributed by atoms with Crippen molar-refractivity contribution in [2.75, 3.05) is 31.5 Å². The Morgan fingerprint density at radius 2 is 1.96 bits per heavy atom. The first-order valence-electron chi connectivity index (χ1n) is 8.52. The third-order valence-electron chi connectivity index (χ3n) is 4.67. The molecule has 1 saturated heterocycles. The molecule has 4 heteroatoms. The van der Waals surface area contributed by atoms with E-state index in [0.29, 0.717) is 11.3 Å². The van der Waals surface area contributed by atoms with Gasteiger partial charge in [0, 0.05) is 13.1 Å². The highest BCUT2D eigenvalue weighted by molar-refractivity contribution is 5.81. The molecule has 4 nitrogen and oxygen atoms in total. The summed E-state index contributed by atoms with van der Waals surface area (Å²) in [6.45, 7) is 6.44. The second-order valence-electron chi connectivity index (χ2n) is 6.60. The molecule has 1 heterocycles. The van der Waals surface area contributed by atoms with Crippen molar-refractivity contribution in [2.24, 2.45) is 5.92 Å². The van der Waals surface area contributed by atoms with Gasteiger partial charge < -0.3 is 10.2 Å². The van der Waals surface area contributed by atoms with Crippen LogP contribution in [-0.2, 0) is 0 Å². The number of nitrogens with one attached hydrogen (secondary N) is 1. The fourth-order valence-electron chi connectivity index (χ4n) is 3.45. The van der Waals surface area contributed by atoms with E-state index >= 15 is 0 Å². The Bertz CT molecular complexity index is 717. The Kier molecular flexibility index (Phi) is 4.91. The van der Waals surface area contributed by atoms with Crippen LogP contribution in [0.25, 0.3) is 11.1 Å². The molecule has 3 rings (SSSR count). The number of hydrogen-bond donors (Lipinski definition) is 1. The molecule has 1 aliphatic rings. The van der Waals surface area contributed by atoms with E-state index in [0.717, 1.165) is 31.0 Å². The van der Waals surface area contributed by atoms with Gasteiger partial charge in [-0.05, 0) is 43.8 Å². The van der Waals surface area contributed by atoms with Crippen LogP contribution in [0.4, 0.5) is 5.69 Å². The molecule has 0 aromatic heterocycles. The number of piperidine rings is 1. The van der Waals surface area contributed by atoms with Gasteiger partial charge in [0.1, 0.15) is 0 Å². The van der Waals surface area contributed by atoms with Crippen LogP contribution in [-0.4, -0.2) is 31.1 Å². The summed E-state index contributed by atoms with van der Waals surface area (Å²) in [5, 5.41) is 3.18. The Labute approximate surface area is 136 Å². The first-order chi connectivity index (χ1) is 11.2.